The van der Waals surface area contributed by atoms with Gasteiger partial charge in [0.15, 0.2) is 11.9 Å². The second-order valence-corrected chi connectivity index (χ2v) is 4.69. The fourth-order valence-electron chi connectivity index (χ4n) is 2.08. The van der Waals surface area contributed by atoms with Gasteiger partial charge in [-0.15, -0.1) is 0 Å². The lowest BCUT2D eigenvalue weighted by Crippen LogP contribution is -2.46. The maximum absolute atomic E-state index is 12.3. The molecule has 6 nitrogen and oxygen atoms in total. The number of pyridine rings is 1. The largest absolute Gasteiger partial charge is 0.315 e. The number of para-hydroxylation sites is 2. The molecule has 108 valence electrons. The lowest BCUT2D eigenvalue weighted by Gasteiger charge is -2.10. The molecule has 1 N–H and O–H groups in total. The summed E-state index contributed by atoms with van der Waals surface area (Å²) in [5.41, 5.74) is 1.02. The molecule has 1 heterocycles. The van der Waals surface area contributed by atoms with Crippen molar-refractivity contribution in [1.82, 2.24) is 0 Å². The standard InChI is InChI=1S/C15H15N3O3/c1-11-7-5-6-10-17(11)12(2)15(19)16-13-8-3-4-9-14(13)18(20)21/h3-10,12H,1-2H3/p+1/t12-/m1/s1. The van der Waals surface area contributed by atoms with Gasteiger partial charge in [0.05, 0.1) is 4.92 Å². The highest BCUT2D eigenvalue weighted by Gasteiger charge is 2.25. The van der Waals surface area contributed by atoms with Crippen molar-refractivity contribution in [3.8, 4) is 0 Å². The topological polar surface area (TPSA) is 76.1 Å². The van der Waals surface area contributed by atoms with Crippen molar-refractivity contribution >= 4 is 17.3 Å². The minimum Gasteiger partial charge on any atom is -0.315 e. The number of amides is 1. The average molecular weight is 286 g/mol. The Bertz CT molecular complexity index is 685. The van der Waals surface area contributed by atoms with Crippen LogP contribution in [0.25, 0.3) is 0 Å². The van der Waals surface area contributed by atoms with Crippen LogP contribution in [-0.2, 0) is 4.79 Å². The Morgan fingerprint density at radius 3 is 2.57 bits per heavy atom. The number of aryl methyl sites for hydroxylation is 1. The molecule has 2 rings (SSSR count). The fraction of sp³-hybridized carbons (Fsp3) is 0.200. The summed E-state index contributed by atoms with van der Waals surface area (Å²) < 4.78 is 1.81. The summed E-state index contributed by atoms with van der Waals surface area (Å²) in [5, 5.41) is 13.6. The zero-order chi connectivity index (χ0) is 15.4. The lowest BCUT2D eigenvalue weighted by molar-refractivity contribution is -0.711. The fourth-order valence-corrected chi connectivity index (χ4v) is 2.08. The Kier molecular flexibility index (Phi) is 4.27. The number of rotatable bonds is 4. The Morgan fingerprint density at radius 2 is 1.90 bits per heavy atom. The number of benzene rings is 1. The van der Waals surface area contributed by atoms with Crippen LogP contribution in [-0.4, -0.2) is 10.8 Å². The van der Waals surface area contributed by atoms with Gasteiger partial charge in [-0.1, -0.05) is 18.2 Å². The van der Waals surface area contributed by atoms with Gasteiger partial charge in [0.2, 0.25) is 6.04 Å². The van der Waals surface area contributed by atoms with E-state index >= 15 is 0 Å². The highest BCUT2D eigenvalue weighted by atomic mass is 16.6. The number of nitro benzene ring substituents is 1. The number of hydrogen-bond donors (Lipinski definition) is 1. The molecule has 0 unspecified atom stereocenters. The van der Waals surface area contributed by atoms with E-state index in [1.165, 1.54) is 12.1 Å². The van der Waals surface area contributed by atoms with Crippen molar-refractivity contribution in [2.45, 2.75) is 19.9 Å². The van der Waals surface area contributed by atoms with E-state index in [1.807, 2.05) is 29.7 Å². The molecule has 0 fully saturated rings. The van der Waals surface area contributed by atoms with E-state index in [0.29, 0.717) is 0 Å². The van der Waals surface area contributed by atoms with Crippen LogP contribution in [0.1, 0.15) is 18.7 Å². The van der Waals surface area contributed by atoms with Gasteiger partial charge < -0.3 is 5.32 Å². The molecule has 0 aliphatic heterocycles. The number of carbonyl (C=O) groups excluding carboxylic acids is 1. The van der Waals surface area contributed by atoms with E-state index in [-0.39, 0.29) is 17.3 Å². The second-order valence-electron chi connectivity index (χ2n) is 4.69. The van der Waals surface area contributed by atoms with Crippen molar-refractivity contribution in [2.75, 3.05) is 5.32 Å². The molecular formula is C15H16N3O3+. The van der Waals surface area contributed by atoms with Gasteiger partial charge in [-0.05, 0) is 6.07 Å². The minimum atomic E-state index is -0.513. The summed E-state index contributed by atoms with van der Waals surface area (Å²) in [4.78, 5) is 22.7. The number of aromatic nitrogens is 1. The van der Waals surface area contributed by atoms with Crippen LogP contribution < -0.4 is 9.88 Å². The van der Waals surface area contributed by atoms with Gasteiger partial charge in [0.25, 0.3) is 11.6 Å². The van der Waals surface area contributed by atoms with Crippen LogP contribution in [0.5, 0.6) is 0 Å². The molecule has 0 aliphatic rings. The predicted molar refractivity (Wildman–Crippen MR) is 77.8 cm³/mol. The highest BCUT2D eigenvalue weighted by Crippen LogP contribution is 2.23. The van der Waals surface area contributed by atoms with Crippen molar-refractivity contribution < 1.29 is 14.3 Å². The van der Waals surface area contributed by atoms with Crippen LogP contribution in [0.15, 0.2) is 48.7 Å². The number of nitro groups is 1. The third kappa shape index (κ3) is 3.22. The molecule has 0 spiro atoms. The predicted octanol–water partition coefficient (Wildman–Crippen LogP) is 2.39. The zero-order valence-electron chi connectivity index (χ0n) is 11.8. The van der Waals surface area contributed by atoms with Crippen molar-refractivity contribution in [2.24, 2.45) is 0 Å². The third-order valence-electron chi connectivity index (χ3n) is 3.26. The molecule has 0 bridgehead atoms. The summed E-state index contributed by atoms with van der Waals surface area (Å²) in [6.45, 7) is 3.64. The minimum absolute atomic E-state index is 0.118. The van der Waals surface area contributed by atoms with Crippen LogP contribution in [0, 0.1) is 17.0 Å². The molecule has 6 heteroatoms. The van der Waals surface area contributed by atoms with E-state index < -0.39 is 11.0 Å². The maximum atomic E-state index is 12.3. The molecule has 0 aliphatic carbocycles. The van der Waals surface area contributed by atoms with E-state index in [9.17, 15) is 14.9 Å². The van der Waals surface area contributed by atoms with Gasteiger partial charge in [-0.25, -0.2) is 0 Å². The summed E-state index contributed by atoms with van der Waals surface area (Å²) in [7, 11) is 0. The first kappa shape index (κ1) is 14.6. The Labute approximate surface area is 122 Å². The Hall–Kier alpha value is -2.76. The number of nitrogens with zero attached hydrogens (tertiary/aromatic N) is 2. The van der Waals surface area contributed by atoms with E-state index in [4.69, 9.17) is 0 Å². The quantitative estimate of drug-likeness (QED) is 0.532. The van der Waals surface area contributed by atoms with Gasteiger partial charge in [0, 0.05) is 32.0 Å². The first-order valence-electron chi connectivity index (χ1n) is 6.51. The lowest BCUT2D eigenvalue weighted by atomic mass is 10.2. The summed E-state index contributed by atoms with van der Waals surface area (Å²) in [6.07, 6.45) is 1.80. The third-order valence-corrected chi connectivity index (χ3v) is 3.26. The Morgan fingerprint density at radius 1 is 1.24 bits per heavy atom. The molecule has 2 aromatic rings. The van der Waals surface area contributed by atoms with E-state index in [0.717, 1.165) is 5.69 Å². The Balaban J connectivity index is 2.23. The number of nitrogens with one attached hydrogen (secondary N) is 1. The van der Waals surface area contributed by atoms with Crippen LogP contribution in [0.4, 0.5) is 11.4 Å². The van der Waals surface area contributed by atoms with Crippen LogP contribution >= 0.6 is 0 Å². The second kappa shape index (κ2) is 6.13. The first-order chi connectivity index (χ1) is 10.0. The average Bonchev–Trinajstić information content (AvgIpc) is 2.47. The van der Waals surface area contributed by atoms with E-state index in [2.05, 4.69) is 5.32 Å². The van der Waals surface area contributed by atoms with Crippen molar-refractivity contribution in [3.05, 3.63) is 64.5 Å². The SMILES string of the molecule is Cc1cccc[n+]1[C@H](C)C(=O)Nc1ccccc1[N+](=O)[O-]. The van der Waals surface area contributed by atoms with Crippen molar-refractivity contribution in [1.29, 1.82) is 0 Å². The molecular weight excluding hydrogens is 270 g/mol. The molecule has 1 aromatic heterocycles. The molecule has 0 radical (unpaired) electrons. The number of hydrogen-bond acceptors (Lipinski definition) is 3. The van der Waals surface area contributed by atoms with E-state index in [1.54, 1.807) is 25.3 Å². The molecule has 1 atom stereocenters. The first-order valence-corrected chi connectivity index (χ1v) is 6.51. The zero-order valence-corrected chi connectivity index (χ0v) is 11.8. The summed E-state index contributed by atoms with van der Waals surface area (Å²) in [6, 6.07) is 11.2. The normalized spacial score (nSPS) is 11.7. The molecule has 1 amide bonds. The monoisotopic (exact) mass is 286 g/mol. The van der Waals surface area contributed by atoms with Gasteiger partial charge in [-0.3, -0.25) is 14.9 Å². The molecule has 0 saturated heterocycles. The number of anilines is 1. The molecule has 21 heavy (non-hydrogen) atoms. The number of carbonyl (C=O) groups is 1. The molecule has 0 saturated carbocycles. The van der Waals surface area contributed by atoms with Crippen LogP contribution in [0.3, 0.4) is 0 Å². The van der Waals surface area contributed by atoms with Crippen molar-refractivity contribution in [3.63, 3.8) is 0 Å². The molecule has 1 aromatic carbocycles. The maximum Gasteiger partial charge on any atom is 0.293 e. The smallest absolute Gasteiger partial charge is 0.293 e. The van der Waals surface area contributed by atoms with Crippen LogP contribution in [0.2, 0.25) is 0 Å². The summed E-state index contributed by atoms with van der Waals surface area (Å²) in [5.74, 6) is -0.302. The van der Waals surface area contributed by atoms with Gasteiger partial charge in [-0.2, -0.15) is 4.57 Å². The highest BCUT2D eigenvalue weighted by molar-refractivity contribution is 5.94. The van der Waals surface area contributed by atoms with Gasteiger partial charge >= 0.3 is 0 Å². The van der Waals surface area contributed by atoms with Gasteiger partial charge in [0.1, 0.15) is 5.69 Å². The summed E-state index contributed by atoms with van der Waals surface area (Å²) >= 11 is 0.